The maximum Gasteiger partial charge on any atom is 0.469 e. The van der Waals surface area contributed by atoms with Gasteiger partial charge in [0, 0.05) is 13.8 Å². The van der Waals surface area contributed by atoms with Gasteiger partial charge >= 0.3 is 13.8 Å². The lowest BCUT2D eigenvalue weighted by molar-refractivity contribution is -0.402. The molecule has 0 aliphatic carbocycles. The Kier molecular flexibility index (Phi) is 17.8. The molecular weight excluding hydrogens is 945 g/mol. The van der Waals surface area contributed by atoms with Gasteiger partial charge in [0.2, 0.25) is 5.91 Å². The Morgan fingerprint density at radius 3 is 1.72 bits per heavy atom. The van der Waals surface area contributed by atoms with Gasteiger partial charge in [-0.15, -0.1) is 0 Å². The third kappa shape index (κ3) is 11.6. The van der Waals surface area contributed by atoms with Crippen molar-refractivity contribution in [3.05, 3.63) is 0 Å². The summed E-state index contributed by atoms with van der Waals surface area (Å²) in [5, 5.41) is 141. The number of phosphoric ester groups is 1. The maximum atomic E-state index is 12.9. The third-order valence-electron chi connectivity index (χ3n) is 12.0. The van der Waals surface area contributed by atoms with Crippen LogP contribution in [0.2, 0.25) is 0 Å². The van der Waals surface area contributed by atoms with Gasteiger partial charge < -0.3 is 134 Å². The van der Waals surface area contributed by atoms with E-state index in [1.807, 2.05) is 0 Å². The van der Waals surface area contributed by atoms with Crippen LogP contribution < -0.4 is 5.32 Å². The number of aliphatic carboxylic acids is 1. The Hall–Kier alpha value is -1.87. The number of carbonyl (C=O) groups excluding carboxylic acids is 1. The molecule has 6 rings (SSSR count). The fourth-order valence-electron chi connectivity index (χ4n) is 8.40. The molecule has 388 valence electrons. The van der Waals surface area contributed by atoms with E-state index in [2.05, 4.69) is 9.84 Å². The minimum Gasteiger partial charge on any atom is -0.477 e. The molecule has 6 fully saturated rings. The second-order valence-corrected chi connectivity index (χ2v) is 17.9. The average molecular weight is 1000 g/mol. The van der Waals surface area contributed by atoms with Gasteiger partial charge in [0.1, 0.15) is 116 Å². The molecule has 0 aromatic carbocycles. The largest absolute Gasteiger partial charge is 0.477 e. The minimum atomic E-state index is -5.38. The molecule has 0 bridgehead atoms. The van der Waals surface area contributed by atoms with Crippen molar-refractivity contribution in [2.45, 2.75) is 180 Å². The summed E-state index contributed by atoms with van der Waals surface area (Å²) in [6.07, 6.45) is -46.0. The minimum absolute atomic E-state index is 0.862. The summed E-state index contributed by atoms with van der Waals surface area (Å²) in [4.78, 5) is 44.0. The van der Waals surface area contributed by atoms with Gasteiger partial charge in [-0.05, 0) is 6.92 Å². The standard InChI is InChI=1S/C35H58NO30P/c1-8-15(41)18(44)21(47)31(56-8)64-28-26(17(43)13(7-55-67(52,53)54)60-33(28)61-23-11(5-38)57-29(49)20(46)19(23)45)63-30-14(36-9(2)40)25(16(42)10(4-37)58-30)62-32-22(48)27-24(12(6-39)59-32)65-35(3,66-27)34(50)51/h8,10-33,37-39,41-49H,4-7H2,1-3H3,(H,36,40)(H,50,51)(H2,52,53,54)/t8-,10+,11+,12+,13+,14+,15+,16-,17-,18+,19+,20+,21-,22+,23+,24-,25+,26-,27+,28+,29+,30+,31-,32-,33-,35?/m0/s1. The molecule has 6 aliphatic heterocycles. The number of nitrogens with one attached hydrogen (secondary N) is 1. The number of rotatable bonds is 16. The van der Waals surface area contributed by atoms with Gasteiger partial charge in [-0.3, -0.25) is 9.32 Å². The molecule has 0 saturated carbocycles. The van der Waals surface area contributed by atoms with Crippen molar-refractivity contribution < 1.29 is 147 Å². The van der Waals surface area contributed by atoms with Crippen molar-refractivity contribution >= 4 is 19.7 Å². The quantitative estimate of drug-likeness (QED) is 0.0639. The van der Waals surface area contributed by atoms with Crippen molar-refractivity contribution in [3.8, 4) is 0 Å². The number of aliphatic hydroxyl groups is 12. The molecule has 0 aromatic rings. The van der Waals surface area contributed by atoms with Crippen molar-refractivity contribution in [2.75, 3.05) is 26.4 Å². The van der Waals surface area contributed by atoms with Crippen molar-refractivity contribution in [2.24, 2.45) is 0 Å². The van der Waals surface area contributed by atoms with Crippen LogP contribution in [0.5, 0.6) is 0 Å². The smallest absolute Gasteiger partial charge is 0.469 e. The number of hydrogen-bond donors (Lipinski definition) is 16. The second kappa shape index (κ2) is 21.9. The lowest BCUT2D eigenvalue weighted by Gasteiger charge is -2.51. The number of carboxylic acids is 1. The molecule has 0 aromatic heterocycles. The van der Waals surface area contributed by atoms with Crippen LogP contribution in [0, 0.1) is 0 Å². The van der Waals surface area contributed by atoms with E-state index in [9.17, 15) is 90.3 Å². The van der Waals surface area contributed by atoms with Crippen molar-refractivity contribution in [1.29, 1.82) is 0 Å². The van der Waals surface area contributed by atoms with Gasteiger partial charge in [-0.2, -0.15) is 0 Å². The van der Waals surface area contributed by atoms with Crippen LogP contribution in [0.3, 0.4) is 0 Å². The van der Waals surface area contributed by atoms with E-state index < -0.39 is 205 Å². The van der Waals surface area contributed by atoms with E-state index in [1.54, 1.807) is 0 Å². The lowest BCUT2D eigenvalue weighted by Crippen LogP contribution is -2.70. The monoisotopic (exact) mass is 1000 g/mol. The van der Waals surface area contributed by atoms with Gasteiger partial charge in [-0.1, -0.05) is 0 Å². The molecule has 67 heavy (non-hydrogen) atoms. The van der Waals surface area contributed by atoms with E-state index in [-0.39, 0.29) is 0 Å². The van der Waals surface area contributed by atoms with Crippen LogP contribution in [-0.4, -0.2) is 274 Å². The van der Waals surface area contributed by atoms with Crippen LogP contribution in [0.25, 0.3) is 0 Å². The topological polar surface area (TPSA) is 477 Å². The van der Waals surface area contributed by atoms with E-state index >= 15 is 0 Å². The van der Waals surface area contributed by atoms with Gasteiger partial charge in [0.15, 0.2) is 31.5 Å². The highest BCUT2D eigenvalue weighted by Crippen LogP contribution is 2.42. The zero-order chi connectivity index (χ0) is 49.6. The maximum absolute atomic E-state index is 12.9. The summed E-state index contributed by atoms with van der Waals surface area (Å²) in [5.74, 6) is -4.85. The molecule has 6 saturated heterocycles. The zero-order valence-corrected chi connectivity index (χ0v) is 36.4. The second-order valence-electron chi connectivity index (χ2n) is 16.7. The van der Waals surface area contributed by atoms with E-state index in [1.165, 1.54) is 6.92 Å². The molecule has 1 amide bonds. The fourth-order valence-corrected chi connectivity index (χ4v) is 8.74. The Balaban J connectivity index is 1.40. The number of phosphoric acid groups is 1. The molecule has 6 heterocycles. The normalized spacial score (nSPS) is 49.5. The Morgan fingerprint density at radius 1 is 0.582 bits per heavy atom. The van der Waals surface area contributed by atoms with E-state index in [0.717, 1.165) is 13.8 Å². The number of carbonyl (C=O) groups is 2. The summed E-state index contributed by atoms with van der Waals surface area (Å²) in [6, 6.07) is -1.85. The van der Waals surface area contributed by atoms with Crippen LogP contribution in [0.1, 0.15) is 20.8 Å². The molecular formula is C35H58NO30P. The number of ether oxygens (including phenoxy) is 11. The number of carboxylic acid groups (broad SMARTS) is 1. The van der Waals surface area contributed by atoms with Gasteiger partial charge in [-0.25, -0.2) is 9.36 Å². The first kappa shape index (κ1) is 54.5. The number of fused-ring (bicyclic) bond motifs is 1. The molecule has 31 nitrogen and oxygen atoms in total. The average Bonchev–Trinajstić information content (AvgIpc) is 3.64. The Labute approximate surface area is 378 Å². The summed E-state index contributed by atoms with van der Waals surface area (Å²) in [7, 11) is -5.38. The van der Waals surface area contributed by atoms with Gasteiger partial charge in [0.25, 0.3) is 5.79 Å². The highest BCUT2D eigenvalue weighted by atomic mass is 31.2. The first-order valence-corrected chi connectivity index (χ1v) is 22.3. The van der Waals surface area contributed by atoms with Crippen molar-refractivity contribution in [1.82, 2.24) is 5.32 Å². The molecule has 32 heteroatoms. The van der Waals surface area contributed by atoms with E-state index in [0.29, 0.717) is 0 Å². The first-order valence-electron chi connectivity index (χ1n) is 20.7. The lowest BCUT2D eigenvalue weighted by atomic mass is 9.94. The summed E-state index contributed by atoms with van der Waals surface area (Å²) in [5.41, 5.74) is 0. The summed E-state index contributed by atoms with van der Waals surface area (Å²) in [6.45, 7) is -0.888. The van der Waals surface area contributed by atoms with Crippen LogP contribution in [0.15, 0.2) is 0 Å². The Bertz CT molecular complexity index is 1720. The highest BCUT2D eigenvalue weighted by Gasteiger charge is 2.62. The molecule has 1 unspecified atom stereocenters. The number of hydrogen-bond acceptors (Lipinski definition) is 27. The van der Waals surface area contributed by atoms with Crippen LogP contribution in [0.4, 0.5) is 0 Å². The van der Waals surface area contributed by atoms with Crippen LogP contribution >= 0.6 is 7.82 Å². The van der Waals surface area contributed by atoms with E-state index in [4.69, 9.17) is 52.1 Å². The van der Waals surface area contributed by atoms with Crippen molar-refractivity contribution in [3.63, 3.8) is 0 Å². The third-order valence-corrected chi connectivity index (χ3v) is 12.5. The number of amides is 1. The highest BCUT2D eigenvalue weighted by molar-refractivity contribution is 7.46. The predicted octanol–water partition coefficient (Wildman–Crippen LogP) is -9.77. The molecule has 0 spiro atoms. The predicted molar refractivity (Wildman–Crippen MR) is 201 cm³/mol. The summed E-state index contributed by atoms with van der Waals surface area (Å²) >= 11 is 0. The SMILES string of the molecule is CC(=O)N[C@H]1[C@@H](O[C@H]2[C@@H](O)[C@@H](COP(=O)(O)O)O[C@@H](O[C@H]3[C@H](O)[C@@H](O)[C@H](O)O[C@@H]3CO)[C@@H]2O[C@@H]2O[C@@H](C)[C@@H](O)[C@@H](O)[C@@H]2O)O[C@H](CO)[C@H](O)[C@@H]1O[C@@H]1O[C@H](CO)[C@@H]2OC(C)(C(=O)O)O[C@@H]2[C@H]1O. The summed E-state index contributed by atoms with van der Waals surface area (Å²) < 4.78 is 79.9. The van der Waals surface area contributed by atoms with Crippen LogP contribution in [-0.2, 0) is 70.8 Å². The van der Waals surface area contributed by atoms with Gasteiger partial charge in [0.05, 0.1) is 32.5 Å². The Morgan fingerprint density at radius 2 is 1.12 bits per heavy atom. The molecule has 6 aliphatic rings. The molecule has 26 atom stereocenters. The first-order chi connectivity index (χ1) is 31.3. The molecule has 16 N–H and O–H groups in total. The molecule has 0 radical (unpaired) electrons. The zero-order valence-electron chi connectivity index (χ0n) is 35.5. The number of aliphatic hydroxyl groups excluding tert-OH is 12. The fraction of sp³-hybridized carbons (Fsp3) is 0.943.